The van der Waals surface area contributed by atoms with Crippen molar-refractivity contribution in [1.29, 1.82) is 0 Å². The molecule has 0 aromatic carbocycles. The van der Waals surface area contributed by atoms with Crippen LogP contribution >= 0.6 is 11.8 Å². The van der Waals surface area contributed by atoms with Crippen LogP contribution in [0.25, 0.3) is 0 Å². The first kappa shape index (κ1) is 15.3. The van der Waals surface area contributed by atoms with Gasteiger partial charge < -0.3 is 9.80 Å². The minimum atomic E-state index is -0.362. The first-order chi connectivity index (χ1) is 10.6. The van der Waals surface area contributed by atoms with Crippen molar-refractivity contribution in [2.45, 2.75) is 36.5 Å². The topological polar surface area (TPSA) is 53.5 Å². The van der Waals surface area contributed by atoms with E-state index in [-0.39, 0.29) is 23.5 Å². The highest BCUT2D eigenvalue weighted by Gasteiger charge is 2.35. The second-order valence-electron chi connectivity index (χ2n) is 6.10. The van der Waals surface area contributed by atoms with E-state index in [4.69, 9.17) is 0 Å². The Kier molecular flexibility index (Phi) is 4.38. The molecule has 2 aliphatic heterocycles. The minimum Gasteiger partial charge on any atom is -0.343 e. The van der Waals surface area contributed by atoms with E-state index in [0.717, 1.165) is 36.6 Å². The monoisotopic (exact) mass is 319 g/mol. The van der Waals surface area contributed by atoms with Crippen molar-refractivity contribution in [1.82, 2.24) is 9.88 Å². The summed E-state index contributed by atoms with van der Waals surface area (Å²) >= 11 is 1.41. The number of nitrogens with zero attached hydrogens (tertiary/aromatic N) is 3. The zero-order valence-corrected chi connectivity index (χ0v) is 13.8. The maximum Gasteiger partial charge on any atom is 0.240 e. The summed E-state index contributed by atoms with van der Waals surface area (Å²) in [6.07, 6.45) is 4.10. The predicted molar refractivity (Wildman–Crippen MR) is 86.9 cm³/mol. The highest BCUT2D eigenvalue weighted by atomic mass is 32.2. The lowest BCUT2D eigenvalue weighted by Crippen LogP contribution is -2.43. The summed E-state index contributed by atoms with van der Waals surface area (Å²) in [6.45, 7) is 3.85. The van der Waals surface area contributed by atoms with Crippen LogP contribution in [0.5, 0.6) is 0 Å². The summed E-state index contributed by atoms with van der Waals surface area (Å²) in [5.74, 6) is 0.770. The zero-order chi connectivity index (χ0) is 15.7. The lowest BCUT2D eigenvalue weighted by atomic mass is 9.99. The lowest BCUT2D eigenvalue weighted by molar-refractivity contribution is -0.134. The van der Waals surface area contributed by atoms with Gasteiger partial charge in [0.2, 0.25) is 11.8 Å². The fraction of sp³-hybridized carbons (Fsp3) is 0.562. The Bertz CT molecular complexity index is 585. The van der Waals surface area contributed by atoms with Gasteiger partial charge in [0.1, 0.15) is 5.03 Å². The van der Waals surface area contributed by atoms with Gasteiger partial charge in [-0.1, -0.05) is 18.7 Å². The molecule has 1 saturated heterocycles. The summed E-state index contributed by atoms with van der Waals surface area (Å²) in [5, 5.41) is 0.467. The largest absolute Gasteiger partial charge is 0.343 e. The lowest BCUT2D eigenvalue weighted by Gasteiger charge is -2.33. The van der Waals surface area contributed by atoms with Gasteiger partial charge in [0.05, 0.1) is 10.9 Å². The first-order valence-corrected chi connectivity index (χ1v) is 8.61. The van der Waals surface area contributed by atoms with E-state index in [1.165, 1.54) is 11.8 Å². The molecule has 2 aliphatic rings. The molecule has 0 bridgehead atoms. The van der Waals surface area contributed by atoms with E-state index >= 15 is 0 Å². The number of thioether (sulfide) groups is 1. The number of likely N-dealkylation sites (tertiary alicyclic amines) is 1. The van der Waals surface area contributed by atoms with Gasteiger partial charge in [-0.2, -0.15) is 0 Å². The van der Waals surface area contributed by atoms with Crippen LogP contribution in [0.4, 0.5) is 5.69 Å². The molecule has 6 heteroatoms. The number of pyridine rings is 1. The van der Waals surface area contributed by atoms with Gasteiger partial charge in [-0.25, -0.2) is 4.98 Å². The number of carbonyl (C=O) groups is 2. The Hall–Kier alpha value is -1.56. The van der Waals surface area contributed by atoms with Gasteiger partial charge in [0, 0.05) is 32.8 Å². The molecule has 1 aromatic rings. The van der Waals surface area contributed by atoms with Crippen LogP contribution < -0.4 is 4.90 Å². The number of amides is 2. The molecule has 118 valence electrons. The molecule has 22 heavy (non-hydrogen) atoms. The Balaban J connectivity index is 1.68. The Morgan fingerprint density at radius 3 is 2.86 bits per heavy atom. The first-order valence-electron chi connectivity index (χ1n) is 7.73. The standard InChI is InChI=1S/C16H21N3O2S/c1-11-5-8-19(9-6-11)14(20)10-13-16(21)18(2)12-4-3-7-17-15(12)22-13/h3-4,7,11,13H,5-6,8-10H2,1-2H3/t13-/m0/s1. The highest BCUT2D eigenvalue weighted by Crippen LogP contribution is 2.38. The van der Waals surface area contributed by atoms with E-state index in [0.29, 0.717) is 5.92 Å². The van der Waals surface area contributed by atoms with Crippen molar-refractivity contribution in [2.24, 2.45) is 5.92 Å². The molecule has 3 rings (SSSR count). The molecule has 0 aliphatic carbocycles. The quantitative estimate of drug-likeness (QED) is 0.838. The van der Waals surface area contributed by atoms with Crippen LogP contribution in [0, 0.1) is 5.92 Å². The Morgan fingerprint density at radius 1 is 1.41 bits per heavy atom. The molecule has 1 atom stereocenters. The van der Waals surface area contributed by atoms with Gasteiger partial charge in [-0.3, -0.25) is 9.59 Å². The number of rotatable bonds is 2. The maximum atomic E-state index is 12.5. The van der Waals surface area contributed by atoms with Crippen LogP contribution in [-0.2, 0) is 9.59 Å². The molecule has 0 radical (unpaired) electrons. The molecular formula is C16H21N3O2S. The van der Waals surface area contributed by atoms with Crippen molar-refractivity contribution in [2.75, 3.05) is 25.0 Å². The third kappa shape index (κ3) is 2.97. The summed E-state index contributed by atoms with van der Waals surface area (Å²) in [6, 6.07) is 3.71. The molecule has 2 amide bonds. The van der Waals surface area contributed by atoms with Gasteiger partial charge >= 0.3 is 0 Å². The van der Waals surface area contributed by atoms with Crippen LogP contribution in [0.1, 0.15) is 26.2 Å². The minimum absolute atomic E-state index is 0.00997. The fourth-order valence-electron chi connectivity index (χ4n) is 2.92. The third-order valence-corrected chi connectivity index (χ3v) is 5.66. The summed E-state index contributed by atoms with van der Waals surface area (Å²) < 4.78 is 0. The predicted octanol–water partition coefficient (Wildman–Crippen LogP) is 2.17. The molecule has 0 N–H and O–H groups in total. The maximum absolute atomic E-state index is 12.5. The van der Waals surface area contributed by atoms with Crippen molar-refractivity contribution in [3.63, 3.8) is 0 Å². The smallest absolute Gasteiger partial charge is 0.240 e. The molecule has 0 unspecified atom stereocenters. The average molecular weight is 319 g/mol. The Morgan fingerprint density at radius 2 is 2.14 bits per heavy atom. The van der Waals surface area contributed by atoms with Crippen LogP contribution in [0.3, 0.4) is 0 Å². The van der Waals surface area contributed by atoms with E-state index in [1.54, 1.807) is 18.1 Å². The molecule has 0 saturated carbocycles. The van der Waals surface area contributed by atoms with Crippen molar-refractivity contribution in [3.8, 4) is 0 Å². The molecule has 0 spiro atoms. The number of aromatic nitrogens is 1. The van der Waals surface area contributed by atoms with E-state index in [2.05, 4.69) is 11.9 Å². The number of anilines is 1. The molecule has 5 nitrogen and oxygen atoms in total. The number of hydrogen-bond acceptors (Lipinski definition) is 4. The third-order valence-electron chi connectivity index (χ3n) is 4.47. The SMILES string of the molecule is CC1CCN(C(=O)C[C@@H]2Sc3ncccc3N(C)C2=O)CC1. The normalized spacial score (nSPS) is 22.6. The Labute approximate surface area is 135 Å². The molecule has 1 aromatic heterocycles. The van der Waals surface area contributed by atoms with E-state index in [1.807, 2.05) is 17.0 Å². The fourth-order valence-corrected chi connectivity index (χ4v) is 4.12. The van der Waals surface area contributed by atoms with Crippen LogP contribution in [0.2, 0.25) is 0 Å². The van der Waals surface area contributed by atoms with Crippen LogP contribution in [-0.4, -0.2) is 47.1 Å². The number of fused-ring (bicyclic) bond motifs is 1. The molecular weight excluding hydrogens is 298 g/mol. The van der Waals surface area contributed by atoms with Gasteiger partial charge in [-0.15, -0.1) is 0 Å². The average Bonchev–Trinajstić information content (AvgIpc) is 2.53. The summed E-state index contributed by atoms with van der Waals surface area (Å²) in [5.41, 5.74) is 0.827. The second kappa shape index (κ2) is 6.28. The van der Waals surface area contributed by atoms with Gasteiger partial charge in [-0.05, 0) is 30.9 Å². The number of carbonyl (C=O) groups excluding carboxylic acids is 2. The van der Waals surface area contributed by atoms with Crippen LogP contribution in [0.15, 0.2) is 23.4 Å². The van der Waals surface area contributed by atoms with Crippen molar-refractivity contribution < 1.29 is 9.59 Å². The van der Waals surface area contributed by atoms with Gasteiger partial charge in [0.15, 0.2) is 0 Å². The van der Waals surface area contributed by atoms with E-state index in [9.17, 15) is 9.59 Å². The van der Waals surface area contributed by atoms with Crippen molar-refractivity contribution in [3.05, 3.63) is 18.3 Å². The second-order valence-corrected chi connectivity index (χ2v) is 7.29. The zero-order valence-electron chi connectivity index (χ0n) is 13.0. The van der Waals surface area contributed by atoms with E-state index < -0.39 is 0 Å². The molecule has 1 fully saturated rings. The van der Waals surface area contributed by atoms with Gasteiger partial charge in [0.25, 0.3) is 0 Å². The molecule has 3 heterocycles. The van der Waals surface area contributed by atoms with Crippen molar-refractivity contribution >= 4 is 29.3 Å². The summed E-state index contributed by atoms with van der Waals surface area (Å²) in [7, 11) is 1.75. The number of hydrogen-bond donors (Lipinski definition) is 0. The summed E-state index contributed by atoms with van der Waals surface area (Å²) in [4.78, 5) is 32.8. The highest BCUT2D eigenvalue weighted by molar-refractivity contribution is 8.00. The number of piperidine rings is 1.